The predicted octanol–water partition coefficient (Wildman–Crippen LogP) is 0.454. The highest BCUT2D eigenvalue weighted by Crippen LogP contribution is 1.96. The average Bonchev–Trinajstić information content (AvgIpc) is 1.98. The average molecular weight is 223 g/mol. The quantitative estimate of drug-likeness (QED) is 0.446. The Morgan fingerprint density at radius 1 is 1.75 bits per heavy atom. The molecule has 0 aromatic carbocycles. The van der Waals surface area contributed by atoms with Crippen LogP contribution in [0.2, 0.25) is 0 Å². The minimum atomic E-state index is 1.25. The van der Waals surface area contributed by atoms with Gasteiger partial charge in [-0.3, -0.25) is 0 Å². The molecule has 0 N–H and O–H groups in total. The van der Waals surface area contributed by atoms with Crippen molar-refractivity contribution in [1.82, 2.24) is 4.68 Å². The third-order valence-electron chi connectivity index (χ3n) is 1.21. The van der Waals surface area contributed by atoms with Crippen LogP contribution in [0.4, 0.5) is 0 Å². The molecule has 1 rings (SSSR count). The van der Waals surface area contributed by atoms with Crippen molar-refractivity contribution >= 4 is 22.6 Å². The highest BCUT2D eigenvalue weighted by Gasteiger charge is 2.00. The van der Waals surface area contributed by atoms with Crippen molar-refractivity contribution in [2.45, 2.75) is 0 Å². The van der Waals surface area contributed by atoms with Gasteiger partial charge in [-0.05, 0) is 22.6 Å². The molecule has 0 atom stereocenters. The summed E-state index contributed by atoms with van der Waals surface area (Å²) in [6.45, 7) is 0. The van der Waals surface area contributed by atoms with E-state index in [4.69, 9.17) is 0 Å². The Morgan fingerprint density at radius 2 is 2.38 bits per heavy atom. The second-order valence-electron chi connectivity index (χ2n) is 1.74. The number of aryl methyl sites for hydroxylation is 1. The molecule has 3 heteroatoms. The summed E-state index contributed by atoms with van der Waals surface area (Å²) in [7, 11) is 4.05. The van der Waals surface area contributed by atoms with Gasteiger partial charge in [0.1, 0.15) is 3.70 Å². The summed E-state index contributed by atoms with van der Waals surface area (Å²) in [5.74, 6) is 0. The summed E-state index contributed by atoms with van der Waals surface area (Å²) in [6.07, 6.45) is 2.03. The first-order valence-corrected chi connectivity index (χ1v) is 3.47. The van der Waals surface area contributed by atoms with E-state index in [1.54, 1.807) is 0 Å². The maximum Gasteiger partial charge on any atom is 0.196 e. The summed E-state index contributed by atoms with van der Waals surface area (Å²) < 4.78 is 5.35. The molecule has 1 aromatic heterocycles. The molecule has 0 bridgehead atoms. The van der Waals surface area contributed by atoms with Gasteiger partial charge in [0.25, 0.3) is 0 Å². The van der Waals surface area contributed by atoms with Gasteiger partial charge in [-0.25, -0.2) is 0 Å². The van der Waals surface area contributed by atoms with Crippen LogP contribution in [0.25, 0.3) is 0 Å². The summed E-state index contributed by atoms with van der Waals surface area (Å²) in [6, 6.07) is 2.07. The van der Waals surface area contributed by atoms with Gasteiger partial charge in [-0.15, -0.1) is 4.68 Å². The SMILES string of the molecule is Cn1c(I)cc[n+]1C. The predicted molar refractivity (Wildman–Crippen MR) is 39.3 cm³/mol. The maximum atomic E-state index is 2.29. The molecule has 0 aliphatic carbocycles. The van der Waals surface area contributed by atoms with E-state index in [-0.39, 0.29) is 0 Å². The summed E-state index contributed by atoms with van der Waals surface area (Å²) in [4.78, 5) is 0. The molecule has 0 amide bonds. The van der Waals surface area contributed by atoms with E-state index in [1.807, 2.05) is 25.0 Å². The lowest BCUT2D eigenvalue weighted by molar-refractivity contribution is -0.752. The molecule has 0 unspecified atom stereocenters. The third kappa shape index (κ3) is 0.866. The van der Waals surface area contributed by atoms with E-state index in [0.29, 0.717) is 0 Å². The van der Waals surface area contributed by atoms with Gasteiger partial charge in [0.15, 0.2) is 13.2 Å². The fourth-order valence-corrected chi connectivity index (χ4v) is 1.03. The van der Waals surface area contributed by atoms with Crippen LogP contribution in [0.15, 0.2) is 12.3 Å². The largest absolute Gasteiger partial charge is 0.196 e. The smallest absolute Gasteiger partial charge is 0.151 e. The van der Waals surface area contributed by atoms with Gasteiger partial charge in [0.05, 0.1) is 7.05 Å². The zero-order chi connectivity index (χ0) is 6.15. The van der Waals surface area contributed by atoms with Crippen LogP contribution in [-0.4, -0.2) is 4.68 Å². The summed E-state index contributed by atoms with van der Waals surface area (Å²) in [5, 5.41) is 0. The van der Waals surface area contributed by atoms with E-state index in [1.165, 1.54) is 3.70 Å². The van der Waals surface area contributed by atoms with Crippen LogP contribution in [0.3, 0.4) is 0 Å². The standard InChI is InChI=1S/C5H8IN2/c1-7-4-3-5(6)8(7)2/h3-4H,1-2H3/q+1. The summed E-state index contributed by atoms with van der Waals surface area (Å²) in [5.41, 5.74) is 0. The van der Waals surface area contributed by atoms with E-state index in [2.05, 4.69) is 33.3 Å². The Hall–Kier alpha value is -0.0600. The normalized spacial score (nSPS) is 9.88. The van der Waals surface area contributed by atoms with E-state index >= 15 is 0 Å². The van der Waals surface area contributed by atoms with Crippen LogP contribution in [0.5, 0.6) is 0 Å². The second kappa shape index (κ2) is 2.05. The molecule has 1 aromatic rings. The fourth-order valence-electron chi connectivity index (χ4n) is 0.528. The first-order chi connectivity index (χ1) is 3.72. The van der Waals surface area contributed by atoms with Crippen LogP contribution in [0, 0.1) is 3.70 Å². The Morgan fingerprint density at radius 3 is 2.50 bits per heavy atom. The molecular formula is C5H8IN2+. The van der Waals surface area contributed by atoms with Crippen molar-refractivity contribution in [3.8, 4) is 0 Å². The van der Waals surface area contributed by atoms with Crippen molar-refractivity contribution < 1.29 is 4.68 Å². The Labute approximate surface area is 62.2 Å². The lowest BCUT2D eigenvalue weighted by atomic mass is 10.7. The highest BCUT2D eigenvalue weighted by molar-refractivity contribution is 14.1. The van der Waals surface area contributed by atoms with Gasteiger partial charge in [0.2, 0.25) is 0 Å². The molecule has 8 heavy (non-hydrogen) atoms. The number of aromatic nitrogens is 2. The zero-order valence-corrected chi connectivity index (χ0v) is 7.08. The van der Waals surface area contributed by atoms with Crippen molar-refractivity contribution in [1.29, 1.82) is 0 Å². The highest BCUT2D eigenvalue weighted by atomic mass is 127. The van der Waals surface area contributed by atoms with Crippen molar-refractivity contribution in [3.05, 3.63) is 16.0 Å². The van der Waals surface area contributed by atoms with E-state index < -0.39 is 0 Å². The zero-order valence-electron chi connectivity index (χ0n) is 4.93. The summed E-state index contributed by atoms with van der Waals surface area (Å²) >= 11 is 2.29. The molecule has 44 valence electrons. The van der Waals surface area contributed by atoms with Crippen LogP contribution in [0.1, 0.15) is 0 Å². The van der Waals surface area contributed by atoms with E-state index in [0.717, 1.165) is 0 Å². The number of hydrogen-bond acceptors (Lipinski definition) is 0. The molecular weight excluding hydrogens is 215 g/mol. The number of hydrogen-bond donors (Lipinski definition) is 0. The molecule has 0 saturated carbocycles. The van der Waals surface area contributed by atoms with E-state index in [9.17, 15) is 0 Å². The minimum absolute atomic E-state index is 1.25. The van der Waals surface area contributed by atoms with Gasteiger partial charge in [0, 0.05) is 6.07 Å². The molecule has 1 heterocycles. The van der Waals surface area contributed by atoms with Crippen molar-refractivity contribution in [3.63, 3.8) is 0 Å². The van der Waals surface area contributed by atoms with Crippen LogP contribution in [-0.2, 0) is 14.1 Å². The molecule has 2 nitrogen and oxygen atoms in total. The van der Waals surface area contributed by atoms with Crippen molar-refractivity contribution in [2.75, 3.05) is 0 Å². The molecule has 0 saturated heterocycles. The maximum absolute atomic E-state index is 2.29. The van der Waals surface area contributed by atoms with Gasteiger partial charge in [-0.1, -0.05) is 0 Å². The lowest BCUT2D eigenvalue weighted by Crippen LogP contribution is -2.36. The molecule has 0 fully saturated rings. The Bertz CT molecular complexity index is 173. The van der Waals surface area contributed by atoms with Gasteiger partial charge >= 0.3 is 0 Å². The second-order valence-corrected chi connectivity index (χ2v) is 2.84. The topological polar surface area (TPSA) is 8.81 Å². The number of halogens is 1. The van der Waals surface area contributed by atoms with Gasteiger partial charge in [-0.2, -0.15) is 4.68 Å². The Kier molecular flexibility index (Phi) is 1.55. The Balaban J connectivity index is 3.19. The number of rotatable bonds is 0. The third-order valence-corrected chi connectivity index (χ3v) is 2.27. The lowest BCUT2D eigenvalue weighted by Gasteiger charge is -1.87. The first-order valence-electron chi connectivity index (χ1n) is 2.39. The van der Waals surface area contributed by atoms with Crippen LogP contribution >= 0.6 is 22.6 Å². The minimum Gasteiger partial charge on any atom is -0.151 e. The van der Waals surface area contributed by atoms with Crippen LogP contribution < -0.4 is 4.68 Å². The number of nitrogens with zero attached hydrogens (tertiary/aromatic N) is 2. The fraction of sp³-hybridized carbons (Fsp3) is 0.400. The van der Waals surface area contributed by atoms with Gasteiger partial charge < -0.3 is 0 Å². The monoisotopic (exact) mass is 223 g/mol. The first kappa shape index (κ1) is 6.07. The molecule has 0 aliphatic heterocycles. The van der Waals surface area contributed by atoms with Crippen molar-refractivity contribution in [2.24, 2.45) is 14.1 Å². The molecule has 0 aliphatic rings. The molecule has 0 spiro atoms. The molecule has 0 radical (unpaired) electrons.